The van der Waals surface area contributed by atoms with Gasteiger partial charge in [-0.05, 0) is 38.2 Å². The Labute approximate surface area is 233 Å². The Balaban J connectivity index is 1.62. The van der Waals surface area contributed by atoms with Gasteiger partial charge in [-0.15, -0.1) is 69.7 Å². The van der Waals surface area contributed by atoms with Crippen LogP contribution in [0.5, 0.6) is 0 Å². The summed E-state index contributed by atoms with van der Waals surface area (Å²) < 4.78 is 3.31. The molecule has 4 nitrogen and oxygen atoms in total. The van der Waals surface area contributed by atoms with Crippen LogP contribution in [0.15, 0.2) is 39.2 Å². The maximum absolute atomic E-state index is 13.9. The molecule has 188 valence electrons. The fourth-order valence-electron chi connectivity index (χ4n) is 6.02. The summed E-state index contributed by atoms with van der Waals surface area (Å²) in [4.78, 5) is 42.0. The van der Waals surface area contributed by atoms with Crippen LogP contribution in [0, 0.1) is 18.1 Å². The summed E-state index contributed by atoms with van der Waals surface area (Å²) in [5.41, 5.74) is 0.205. The number of thioether (sulfide) groups is 4. The summed E-state index contributed by atoms with van der Waals surface area (Å²) in [6, 6.07) is 0.623. The van der Waals surface area contributed by atoms with Crippen LogP contribution in [0.2, 0.25) is 0 Å². The quantitative estimate of drug-likeness (QED) is 0.368. The van der Waals surface area contributed by atoms with E-state index < -0.39 is 0 Å². The van der Waals surface area contributed by atoms with Gasteiger partial charge in [0, 0.05) is 10.5 Å². The third-order valence-corrected chi connectivity index (χ3v) is 15.3. The van der Waals surface area contributed by atoms with Crippen LogP contribution in [-0.4, -0.2) is 35.1 Å². The summed E-state index contributed by atoms with van der Waals surface area (Å²) in [6.45, 7) is 0. The number of rotatable bonds is 2. The number of hydrogen-bond donors (Lipinski definition) is 0. The van der Waals surface area contributed by atoms with E-state index >= 15 is 0 Å². The smallest absolute Gasteiger partial charge is 0.212 e. The molecule has 0 radical (unpaired) electrons. The molecule has 4 unspecified atom stereocenters. The molecule has 0 aromatic heterocycles. The van der Waals surface area contributed by atoms with Gasteiger partial charge in [-0.25, -0.2) is 0 Å². The normalized spacial score (nSPS) is 26.9. The van der Waals surface area contributed by atoms with E-state index in [1.165, 1.54) is 48.4 Å². The van der Waals surface area contributed by atoms with Crippen LogP contribution < -0.4 is 21.6 Å². The second-order valence-corrected chi connectivity index (χ2v) is 16.0. The summed E-state index contributed by atoms with van der Waals surface area (Å²) in [7, 11) is 0. The second-order valence-electron chi connectivity index (χ2n) is 9.88. The molecule has 0 bridgehead atoms. The van der Waals surface area contributed by atoms with E-state index in [2.05, 4.69) is 0 Å². The Morgan fingerprint density at radius 2 is 1.06 bits per heavy atom. The van der Waals surface area contributed by atoms with E-state index in [1.807, 2.05) is 36.0 Å². The summed E-state index contributed by atoms with van der Waals surface area (Å²) >= 11 is 9.82. The molecule has 0 saturated heterocycles. The number of nitrogens with zero attached hydrogens (tertiary/aromatic N) is 2. The van der Waals surface area contributed by atoms with E-state index in [4.69, 9.17) is 9.98 Å². The van der Waals surface area contributed by atoms with E-state index in [-0.39, 0.29) is 10.9 Å². The van der Waals surface area contributed by atoms with Crippen LogP contribution in [0.4, 0.5) is 0 Å². The molecule has 36 heavy (non-hydrogen) atoms. The number of hydrogen-bond acceptors (Lipinski definition) is 10. The molecule has 2 saturated carbocycles. The van der Waals surface area contributed by atoms with Gasteiger partial charge in [-0.2, -0.15) is 0 Å². The van der Waals surface area contributed by atoms with Gasteiger partial charge in [0.05, 0.1) is 60.5 Å². The zero-order chi connectivity index (χ0) is 24.6. The molecule has 3 aliphatic heterocycles. The zero-order valence-electron chi connectivity index (χ0n) is 20.1. The SMILES string of the molecule is CSc1c2c(c3sc4c(=O)c(SC)c5c(c=4sc=3c1=O)=NC1CCCCC1S5)=NC1CCCCC1S2. The molecule has 0 spiro atoms. The first-order valence-electron chi connectivity index (χ1n) is 12.6. The maximum Gasteiger partial charge on any atom is 0.212 e. The van der Waals surface area contributed by atoms with E-state index in [9.17, 15) is 9.59 Å². The van der Waals surface area contributed by atoms with E-state index in [0.717, 1.165) is 74.1 Å². The van der Waals surface area contributed by atoms with Crippen molar-refractivity contribution < 1.29 is 0 Å². The zero-order valence-corrected chi connectivity index (χ0v) is 25.0. The van der Waals surface area contributed by atoms with Crippen molar-refractivity contribution in [1.29, 1.82) is 0 Å². The molecule has 0 amide bonds. The third kappa shape index (κ3) is 3.72. The summed E-state index contributed by atoms with van der Waals surface area (Å²) in [6.07, 6.45) is 13.5. The maximum atomic E-state index is 13.9. The van der Waals surface area contributed by atoms with Crippen LogP contribution in [0.1, 0.15) is 51.4 Å². The van der Waals surface area contributed by atoms with Crippen LogP contribution >= 0.6 is 69.7 Å². The predicted octanol–water partition coefficient (Wildman–Crippen LogP) is 5.50. The predicted molar refractivity (Wildman–Crippen MR) is 155 cm³/mol. The van der Waals surface area contributed by atoms with Crippen molar-refractivity contribution in [3.8, 4) is 0 Å². The van der Waals surface area contributed by atoms with Crippen LogP contribution in [0.3, 0.4) is 0 Å². The highest BCUT2D eigenvalue weighted by Crippen LogP contribution is 2.41. The van der Waals surface area contributed by atoms with Crippen molar-refractivity contribution >= 4 is 69.7 Å². The highest BCUT2D eigenvalue weighted by molar-refractivity contribution is 8.02. The van der Waals surface area contributed by atoms with Crippen molar-refractivity contribution in [1.82, 2.24) is 0 Å². The van der Waals surface area contributed by atoms with Crippen molar-refractivity contribution in [2.75, 3.05) is 12.5 Å². The Bertz CT molecular complexity index is 1640. The largest absolute Gasteiger partial charge is 0.287 e. The molecule has 3 heterocycles. The highest BCUT2D eigenvalue weighted by atomic mass is 32.2. The minimum atomic E-state index is 0.102. The lowest BCUT2D eigenvalue weighted by molar-refractivity contribution is 0.442. The second kappa shape index (κ2) is 9.59. The average Bonchev–Trinajstić information content (AvgIpc) is 2.91. The van der Waals surface area contributed by atoms with Gasteiger partial charge in [0.15, 0.2) is 0 Å². The Morgan fingerprint density at radius 1 is 0.639 bits per heavy atom. The molecular formula is C26H26N2O2S6. The highest BCUT2D eigenvalue weighted by Gasteiger charge is 2.33. The van der Waals surface area contributed by atoms with Crippen LogP contribution in [0.25, 0.3) is 0 Å². The topological polar surface area (TPSA) is 58.9 Å². The standard InChI is InChI=1S/C26H26N2O2S6/c1-31-23-17(29)25-21(15-19(23)33-13-9-5-3-7-11(13)27-15)36-26-18(30)24(32-2)20-16(22(26)35-25)28-12-8-4-6-10-14(12)34-20/h11-14H,3-10H2,1-2H3. The van der Waals surface area contributed by atoms with E-state index in [0.29, 0.717) is 22.6 Å². The molecule has 2 fully saturated rings. The molecule has 7 rings (SSSR count). The van der Waals surface area contributed by atoms with Gasteiger partial charge in [-0.3, -0.25) is 19.6 Å². The first-order chi connectivity index (χ1) is 17.6. The Kier molecular flexibility index (Phi) is 6.53. The average molecular weight is 591 g/mol. The first kappa shape index (κ1) is 24.5. The fraction of sp³-hybridized carbons (Fsp3) is 0.538. The van der Waals surface area contributed by atoms with Gasteiger partial charge in [-0.1, -0.05) is 25.7 Å². The molecule has 0 aromatic carbocycles. The van der Waals surface area contributed by atoms with Crippen molar-refractivity contribution in [2.24, 2.45) is 9.98 Å². The van der Waals surface area contributed by atoms with Gasteiger partial charge < -0.3 is 0 Å². The lowest BCUT2D eigenvalue weighted by Crippen LogP contribution is -2.35. The molecule has 7 aliphatic rings. The van der Waals surface area contributed by atoms with E-state index in [1.54, 1.807) is 23.5 Å². The number of fused-ring (bicyclic) bond motifs is 6. The van der Waals surface area contributed by atoms with Crippen molar-refractivity contribution in [3.63, 3.8) is 0 Å². The van der Waals surface area contributed by atoms with Gasteiger partial charge in [0.1, 0.15) is 0 Å². The van der Waals surface area contributed by atoms with Crippen molar-refractivity contribution in [3.05, 3.63) is 49.3 Å². The minimum Gasteiger partial charge on any atom is -0.287 e. The molecule has 4 aliphatic carbocycles. The minimum absolute atomic E-state index is 0.102. The molecule has 0 aromatic rings. The summed E-state index contributed by atoms with van der Waals surface area (Å²) in [5.74, 6) is 0. The third-order valence-electron chi connectivity index (χ3n) is 7.79. The van der Waals surface area contributed by atoms with Crippen molar-refractivity contribution in [2.45, 2.75) is 93.5 Å². The monoisotopic (exact) mass is 590 g/mol. The Morgan fingerprint density at radius 3 is 1.47 bits per heavy atom. The van der Waals surface area contributed by atoms with Gasteiger partial charge >= 0.3 is 0 Å². The lowest BCUT2D eigenvalue weighted by Gasteiger charge is -2.32. The lowest BCUT2D eigenvalue weighted by atomic mass is 9.95. The molecule has 10 heteroatoms. The van der Waals surface area contributed by atoms with Gasteiger partial charge in [0.2, 0.25) is 10.9 Å². The van der Waals surface area contributed by atoms with Gasteiger partial charge in [0.25, 0.3) is 0 Å². The summed E-state index contributed by atoms with van der Waals surface area (Å²) in [5, 5.41) is 2.86. The molecule has 0 N–H and O–H groups in total. The fourth-order valence-corrected chi connectivity index (χ4v) is 13.6. The van der Waals surface area contributed by atoms with Crippen LogP contribution in [-0.2, 0) is 0 Å². The molecular weight excluding hydrogens is 565 g/mol. The Hall–Kier alpha value is -0.520. The molecule has 4 atom stereocenters. The first-order valence-corrected chi connectivity index (χ1v) is 18.4.